The van der Waals surface area contributed by atoms with Crippen LogP contribution in [0, 0.1) is 5.41 Å². The van der Waals surface area contributed by atoms with Crippen molar-refractivity contribution in [1.82, 2.24) is 0 Å². The van der Waals surface area contributed by atoms with E-state index in [0.29, 0.717) is 24.3 Å². The summed E-state index contributed by atoms with van der Waals surface area (Å²) in [5.74, 6) is -1.78. The zero-order valence-electron chi connectivity index (χ0n) is 13.0. The number of carboxylic acids is 1. The Bertz CT molecular complexity index is 601. The van der Waals surface area contributed by atoms with Crippen LogP contribution < -0.4 is 50.5 Å². The van der Waals surface area contributed by atoms with E-state index < -0.39 is 23.2 Å². The Hall–Kier alpha value is -1.57. The minimum atomic E-state index is -1.17. The normalized spacial score (nSPS) is 14.8. The van der Waals surface area contributed by atoms with Gasteiger partial charge in [-0.05, 0) is 25.0 Å². The van der Waals surface area contributed by atoms with E-state index in [2.05, 4.69) is 5.32 Å². The van der Waals surface area contributed by atoms with Gasteiger partial charge in [-0.2, -0.15) is 0 Å². The summed E-state index contributed by atoms with van der Waals surface area (Å²) in [6.07, 6.45) is 1.61. The number of hydrogen-bond acceptors (Lipinski definition) is 5. The van der Waals surface area contributed by atoms with Crippen molar-refractivity contribution < 1.29 is 53.8 Å². The second-order valence-corrected chi connectivity index (χ2v) is 5.43. The van der Waals surface area contributed by atoms with E-state index in [0.717, 1.165) is 6.42 Å². The molecule has 118 valence electrons. The van der Waals surface area contributed by atoms with E-state index in [1.165, 1.54) is 6.07 Å². The Morgan fingerprint density at radius 3 is 2.52 bits per heavy atom. The molecule has 0 bridgehead atoms. The van der Waals surface area contributed by atoms with Gasteiger partial charge in [0, 0.05) is 29.6 Å². The summed E-state index contributed by atoms with van der Waals surface area (Å²) in [7, 11) is 0. The first kappa shape index (κ1) is 19.5. The van der Waals surface area contributed by atoms with Gasteiger partial charge in [-0.15, -0.1) is 0 Å². The molecule has 0 aliphatic heterocycles. The van der Waals surface area contributed by atoms with E-state index in [-0.39, 0.29) is 42.6 Å². The van der Waals surface area contributed by atoms with E-state index in [1.807, 2.05) is 0 Å². The maximum atomic E-state index is 12.0. The number of carbonyl (C=O) groups excluding carboxylic acids is 3. The van der Waals surface area contributed by atoms with Gasteiger partial charge in [-0.25, -0.2) is 0 Å². The Balaban J connectivity index is 0.00000264. The maximum Gasteiger partial charge on any atom is 1.00 e. The molecule has 1 aromatic carbocycles. The molecule has 0 unspecified atom stereocenters. The molecule has 1 aliphatic rings. The first-order valence-corrected chi connectivity index (χ1v) is 6.94. The van der Waals surface area contributed by atoms with Crippen LogP contribution >= 0.6 is 0 Å². The number of nitrogens with one attached hydrogen (secondary N) is 1. The predicted octanol–water partition coefficient (Wildman–Crippen LogP) is -3.20. The number of primary amides is 1. The first-order valence-electron chi connectivity index (χ1n) is 6.94. The standard InChI is InChI=1S/C15H18N2O5.Na/c16-12(18)9-22-11-4-1-3-10(7-11)17-13(19)8-15(14(20)21)5-2-6-15;/h1,3-4,7H,2,5-6,8-9H2,(H2,16,18)(H,17,19)(H,20,21);/q;+1/p-1. The molecule has 1 fully saturated rings. The maximum absolute atomic E-state index is 12.0. The number of amides is 2. The van der Waals surface area contributed by atoms with Crippen LogP contribution in [0.5, 0.6) is 5.75 Å². The van der Waals surface area contributed by atoms with Crippen LogP contribution in [0.15, 0.2) is 24.3 Å². The Labute approximate surface area is 155 Å². The van der Waals surface area contributed by atoms with Gasteiger partial charge < -0.3 is 25.7 Å². The van der Waals surface area contributed by atoms with Crippen LogP contribution in [0.25, 0.3) is 0 Å². The van der Waals surface area contributed by atoms with E-state index in [1.54, 1.807) is 18.2 Å². The molecule has 0 heterocycles. The predicted molar refractivity (Wildman–Crippen MR) is 75.7 cm³/mol. The molecule has 7 nitrogen and oxygen atoms in total. The first-order chi connectivity index (χ1) is 10.4. The van der Waals surface area contributed by atoms with Gasteiger partial charge in [0.05, 0.1) is 0 Å². The third-order valence-corrected chi connectivity index (χ3v) is 3.74. The van der Waals surface area contributed by atoms with Crippen molar-refractivity contribution >= 4 is 23.5 Å². The summed E-state index contributed by atoms with van der Waals surface area (Å²) < 4.78 is 5.13. The van der Waals surface area contributed by atoms with E-state index >= 15 is 0 Å². The van der Waals surface area contributed by atoms with Gasteiger partial charge in [0.2, 0.25) is 5.91 Å². The number of rotatable bonds is 7. The molecule has 3 N–H and O–H groups in total. The van der Waals surface area contributed by atoms with Crippen molar-refractivity contribution in [3.8, 4) is 5.75 Å². The molecule has 0 atom stereocenters. The SMILES string of the molecule is NC(=O)COc1cccc(NC(=O)CC2(C(=O)[O-])CCC2)c1.[Na+]. The average molecular weight is 328 g/mol. The minimum absolute atomic E-state index is 0. The van der Waals surface area contributed by atoms with Crippen molar-refractivity contribution in [3.05, 3.63) is 24.3 Å². The van der Waals surface area contributed by atoms with Crippen LogP contribution in [0.4, 0.5) is 5.69 Å². The van der Waals surface area contributed by atoms with E-state index in [4.69, 9.17) is 10.5 Å². The zero-order valence-corrected chi connectivity index (χ0v) is 15.0. The third-order valence-electron chi connectivity index (χ3n) is 3.74. The van der Waals surface area contributed by atoms with Crippen molar-refractivity contribution in [2.75, 3.05) is 11.9 Å². The molecule has 0 radical (unpaired) electrons. The molecular formula is C15H17N2NaO5. The molecule has 0 spiro atoms. The molecule has 2 rings (SSSR count). The summed E-state index contributed by atoms with van der Waals surface area (Å²) in [5.41, 5.74) is 4.40. The number of carbonyl (C=O) groups is 3. The molecule has 8 heteroatoms. The summed E-state index contributed by atoms with van der Waals surface area (Å²) >= 11 is 0. The summed E-state index contributed by atoms with van der Waals surface area (Å²) in [5, 5.41) is 13.8. The molecule has 1 aromatic rings. The Morgan fingerprint density at radius 1 is 1.30 bits per heavy atom. The number of ether oxygens (including phenoxy) is 1. The molecule has 2 amide bonds. The van der Waals surface area contributed by atoms with Crippen LogP contribution in [-0.2, 0) is 14.4 Å². The molecular weight excluding hydrogens is 311 g/mol. The second kappa shape index (κ2) is 8.33. The second-order valence-electron chi connectivity index (χ2n) is 5.43. The number of nitrogens with two attached hydrogens (primary N) is 1. The number of benzene rings is 1. The number of aliphatic carboxylic acids is 1. The van der Waals surface area contributed by atoms with Gasteiger partial charge >= 0.3 is 29.6 Å². The smallest absolute Gasteiger partial charge is 0.550 e. The fraction of sp³-hybridized carbons (Fsp3) is 0.400. The zero-order chi connectivity index (χ0) is 16.2. The van der Waals surface area contributed by atoms with E-state index in [9.17, 15) is 19.5 Å². The molecule has 23 heavy (non-hydrogen) atoms. The van der Waals surface area contributed by atoms with Crippen molar-refractivity contribution in [1.29, 1.82) is 0 Å². The van der Waals surface area contributed by atoms with Crippen LogP contribution in [0.2, 0.25) is 0 Å². The van der Waals surface area contributed by atoms with Crippen molar-refractivity contribution in [2.45, 2.75) is 25.7 Å². The number of carboxylic acid groups (broad SMARTS) is 1. The quantitative estimate of drug-likeness (QED) is 0.511. The third kappa shape index (κ3) is 5.23. The molecule has 1 aliphatic carbocycles. The van der Waals surface area contributed by atoms with Crippen LogP contribution in [0.3, 0.4) is 0 Å². The fourth-order valence-corrected chi connectivity index (χ4v) is 2.39. The molecule has 0 saturated heterocycles. The molecule has 1 saturated carbocycles. The monoisotopic (exact) mass is 328 g/mol. The number of hydrogen-bond donors (Lipinski definition) is 2. The van der Waals surface area contributed by atoms with Gasteiger partial charge in [0.1, 0.15) is 5.75 Å². The van der Waals surface area contributed by atoms with Gasteiger partial charge in [-0.1, -0.05) is 12.5 Å². The van der Waals surface area contributed by atoms with Crippen LogP contribution in [0.1, 0.15) is 25.7 Å². The van der Waals surface area contributed by atoms with Gasteiger partial charge in [0.25, 0.3) is 5.91 Å². The van der Waals surface area contributed by atoms with Crippen molar-refractivity contribution in [3.63, 3.8) is 0 Å². The fourth-order valence-electron chi connectivity index (χ4n) is 2.39. The molecule has 0 aromatic heterocycles. The summed E-state index contributed by atoms with van der Waals surface area (Å²) in [6, 6.07) is 6.44. The van der Waals surface area contributed by atoms with Gasteiger partial charge in [-0.3, -0.25) is 9.59 Å². The number of anilines is 1. The largest absolute Gasteiger partial charge is 1.00 e. The minimum Gasteiger partial charge on any atom is -0.550 e. The van der Waals surface area contributed by atoms with Crippen LogP contribution in [-0.4, -0.2) is 24.4 Å². The average Bonchev–Trinajstić information content (AvgIpc) is 2.40. The topological polar surface area (TPSA) is 122 Å². The van der Waals surface area contributed by atoms with Crippen molar-refractivity contribution in [2.24, 2.45) is 11.1 Å². The Kier molecular flexibility index (Phi) is 7.05. The summed E-state index contributed by atoms with van der Waals surface area (Å²) in [4.78, 5) is 33.8. The Morgan fingerprint density at radius 2 is 2.00 bits per heavy atom. The van der Waals surface area contributed by atoms with Gasteiger partial charge in [0.15, 0.2) is 6.61 Å². The summed E-state index contributed by atoms with van der Waals surface area (Å²) in [6.45, 7) is -0.259.